The van der Waals surface area contributed by atoms with Crippen molar-refractivity contribution in [3.63, 3.8) is 0 Å². The van der Waals surface area contributed by atoms with Gasteiger partial charge in [0.1, 0.15) is 6.04 Å². The molecule has 1 saturated heterocycles. The van der Waals surface area contributed by atoms with E-state index in [0.29, 0.717) is 19.4 Å². The van der Waals surface area contributed by atoms with E-state index in [0.717, 1.165) is 12.0 Å². The Bertz CT molecular complexity index is 606. The van der Waals surface area contributed by atoms with Crippen molar-refractivity contribution in [2.24, 2.45) is 0 Å². The fourth-order valence-electron chi connectivity index (χ4n) is 4.33. The van der Waals surface area contributed by atoms with E-state index in [1.807, 2.05) is 35.2 Å². The maximum atomic E-state index is 12.1. The van der Waals surface area contributed by atoms with Crippen LogP contribution < -0.4 is 0 Å². The first-order valence-corrected chi connectivity index (χ1v) is 8.01. The molecule has 2 fully saturated rings. The second-order valence-electron chi connectivity index (χ2n) is 6.70. The third-order valence-corrected chi connectivity index (χ3v) is 5.48. The first-order chi connectivity index (χ1) is 11.0. The number of methoxy groups -OCH3 is 1. The van der Waals surface area contributed by atoms with Crippen LogP contribution in [0.15, 0.2) is 30.3 Å². The molecule has 0 aromatic heterocycles. The van der Waals surface area contributed by atoms with Crippen molar-refractivity contribution in [2.75, 3.05) is 13.7 Å². The monoisotopic (exact) mass is 318 g/mol. The Labute approximate surface area is 135 Å². The molecule has 1 aliphatic heterocycles. The van der Waals surface area contributed by atoms with Crippen LogP contribution in [0.4, 0.5) is 0 Å². The highest BCUT2D eigenvalue weighted by molar-refractivity contribution is 5.76. The van der Waals surface area contributed by atoms with Crippen molar-refractivity contribution in [3.05, 3.63) is 46.0 Å². The highest BCUT2D eigenvalue weighted by Gasteiger charge is 2.62. The predicted molar refractivity (Wildman–Crippen MR) is 84.7 cm³/mol. The predicted octanol–water partition coefficient (Wildman–Crippen LogP) is 2.00. The molecule has 23 heavy (non-hydrogen) atoms. The highest BCUT2D eigenvalue weighted by Crippen LogP contribution is 2.49. The summed E-state index contributed by atoms with van der Waals surface area (Å²) >= 11 is 0. The van der Waals surface area contributed by atoms with Gasteiger partial charge in [-0.15, -0.1) is 0 Å². The van der Waals surface area contributed by atoms with Crippen LogP contribution >= 0.6 is 0 Å². The second kappa shape index (κ2) is 5.92. The van der Waals surface area contributed by atoms with Gasteiger partial charge in [-0.1, -0.05) is 37.3 Å². The summed E-state index contributed by atoms with van der Waals surface area (Å²) < 4.78 is 4.90. The number of benzene rings is 1. The molecule has 1 aromatic rings. The zero-order valence-electron chi connectivity index (χ0n) is 13.5. The minimum absolute atomic E-state index is 0.192. The normalized spacial score (nSPS) is 33.9. The fourth-order valence-corrected chi connectivity index (χ4v) is 4.33. The number of esters is 1. The molecule has 6 nitrogen and oxygen atoms in total. The number of carbonyl (C=O) groups excluding carboxylic acids is 1. The molecule has 124 valence electrons. The van der Waals surface area contributed by atoms with Gasteiger partial charge in [-0.3, -0.25) is 19.8 Å². The van der Waals surface area contributed by atoms with E-state index in [1.54, 1.807) is 0 Å². The van der Waals surface area contributed by atoms with E-state index in [4.69, 9.17) is 4.74 Å². The van der Waals surface area contributed by atoms with E-state index >= 15 is 0 Å². The topological polar surface area (TPSA) is 72.7 Å². The largest absolute Gasteiger partial charge is 0.468 e. The van der Waals surface area contributed by atoms with Gasteiger partial charge in [-0.2, -0.15) is 0 Å². The SMILES string of the molecule is COC(=O)[C@@H]1CCCN1C1C([N+](=O)[O-])CC1(C)c1ccccc1. The Morgan fingerprint density at radius 1 is 1.39 bits per heavy atom. The number of hydrogen-bond donors (Lipinski definition) is 0. The number of nitro groups is 1. The number of nitrogens with zero attached hydrogens (tertiary/aromatic N) is 2. The Morgan fingerprint density at radius 2 is 2.09 bits per heavy atom. The van der Waals surface area contributed by atoms with Crippen molar-refractivity contribution in [3.8, 4) is 0 Å². The minimum atomic E-state index is -0.634. The van der Waals surface area contributed by atoms with Crippen LogP contribution in [0.25, 0.3) is 0 Å². The molecule has 3 rings (SSSR count). The lowest BCUT2D eigenvalue weighted by Gasteiger charge is -2.53. The summed E-state index contributed by atoms with van der Waals surface area (Å²) in [6, 6.07) is 8.63. The summed E-state index contributed by atoms with van der Waals surface area (Å²) in [6.07, 6.45) is 2.07. The molecule has 1 aliphatic carbocycles. The summed E-state index contributed by atoms with van der Waals surface area (Å²) in [4.78, 5) is 25.4. The third-order valence-electron chi connectivity index (χ3n) is 5.48. The third kappa shape index (κ3) is 2.51. The van der Waals surface area contributed by atoms with Crippen molar-refractivity contribution in [1.29, 1.82) is 0 Å². The molecular weight excluding hydrogens is 296 g/mol. The zero-order chi connectivity index (χ0) is 16.6. The zero-order valence-corrected chi connectivity index (χ0v) is 13.5. The lowest BCUT2D eigenvalue weighted by Crippen LogP contribution is -2.69. The standard InChI is InChI=1S/C17H22N2O4/c1-17(12-7-4-3-5-8-12)11-14(19(21)22)15(17)18-10-6-9-13(18)16(20)23-2/h3-5,7-8,13-15H,6,9-11H2,1-2H3/t13-,14?,15?,17?/m0/s1. The molecule has 3 unspecified atom stereocenters. The number of ether oxygens (including phenoxy) is 1. The smallest absolute Gasteiger partial charge is 0.323 e. The van der Waals surface area contributed by atoms with Gasteiger partial charge in [0.05, 0.1) is 13.2 Å². The molecule has 0 N–H and O–H groups in total. The average Bonchev–Trinajstić information content (AvgIpc) is 3.00. The number of rotatable bonds is 4. The Balaban J connectivity index is 1.94. The number of likely N-dealkylation sites (tertiary alicyclic amines) is 1. The average molecular weight is 318 g/mol. The van der Waals surface area contributed by atoms with Crippen molar-refractivity contribution in [1.82, 2.24) is 4.90 Å². The second-order valence-corrected chi connectivity index (χ2v) is 6.70. The van der Waals surface area contributed by atoms with Gasteiger partial charge in [0.2, 0.25) is 6.04 Å². The van der Waals surface area contributed by atoms with E-state index in [-0.39, 0.29) is 28.4 Å². The molecule has 0 radical (unpaired) electrons. The van der Waals surface area contributed by atoms with Crippen LogP contribution in [0.2, 0.25) is 0 Å². The van der Waals surface area contributed by atoms with E-state index in [2.05, 4.69) is 6.92 Å². The van der Waals surface area contributed by atoms with Gasteiger partial charge >= 0.3 is 5.97 Å². The van der Waals surface area contributed by atoms with Gasteiger partial charge < -0.3 is 4.74 Å². The van der Waals surface area contributed by atoms with Gasteiger partial charge in [0, 0.05) is 16.8 Å². The molecular formula is C17H22N2O4. The number of hydrogen-bond acceptors (Lipinski definition) is 5. The van der Waals surface area contributed by atoms with Crippen LogP contribution in [-0.2, 0) is 14.9 Å². The molecule has 4 atom stereocenters. The Morgan fingerprint density at radius 3 is 2.70 bits per heavy atom. The Kier molecular flexibility index (Phi) is 4.10. The molecule has 1 saturated carbocycles. The first-order valence-electron chi connectivity index (χ1n) is 8.01. The van der Waals surface area contributed by atoms with Gasteiger partial charge in [-0.05, 0) is 24.9 Å². The van der Waals surface area contributed by atoms with Crippen LogP contribution in [0.1, 0.15) is 31.7 Å². The number of carbonyl (C=O) groups is 1. The molecule has 1 heterocycles. The van der Waals surface area contributed by atoms with Gasteiger partial charge in [0.15, 0.2) is 0 Å². The molecule has 1 aromatic carbocycles. The van der Waals surface area contributed by atoms with Crippen LogP contribution in [0, 0.1) is 10.1 Å². The fraction of sp³-hybridized carbons (Fsp3) is 0.588. The first kappa shape index (κ1) is 15.9. The van der Waals surface area contributed by atoms with Crippen LogP contribution in [0.3, 0.4) is 0 Å². The quantitative estimate of drug-likeness (QED) is 0.482. The van der Waals surface area contributed by atoms with Crippen molar-refractivity contribution >= 4 is 5.97 Å². The van der Waals surface area contributed by atoms with E-state index in [9.17, 15) is 14.9 Å². The lowest BCUT2D eigenvalue weighted by molar-refractivity contribution is -0.552. The molecule has 0 amide bonds. The summed E-state index contributed by atoms with van der Waals surface area (Å²) in [5.74, 6) is -0.285. The highest BCUT2D eigenvalue weighted by atomic mass is 16.6. The van der Waals surface area contributed by atoms with Crippen molar-refractivity contribution < 1.29 is 14.5 Å². The minimum Gasteiger partial charge on any atom is -0.468 e. The van der Waals surface area contributed by atoms with Crippen LogP contribution in [-0.4, -0.2) is 47.6 Å². The summed E-state index contributed by atoms with van der Waals surface area (Å²) in [7, 11) is 1.38. The van der Waals surface area contributed by atoms with Crippen molar-refractivity contribution in [2.45, 2.75) is 49.7 Å². The summed E-state index contributed by atoms with van der Waals surface area (Å²) in [5.41, 5.74) is 0.786. The molecule has 2 aliphatic rings. The summed E-state index contributed by atoms with van der Waals surface area (Å²) in [6.45, 7) is 2.77. The maximum absolute atomic E-state index is 12.1. The molecule has 6 heteroatoms. The van der Waals surface area contributed by atoms with Gasteiger partial charge in [-0.25, -0.2) is 0 Å². The molecule has 0 bridgehead atoms. The van der Waals surface area contributed by atoms with Gasteiger partial charge in [0.25, 0.3) is 0 Å². The van der Waals surface area contributed by atoms with E-state index < -0.39 is 6.04 Å². The van der Waals surface area contributed by atoms with E-state index in [1.165, 1.54) is 7.11 Å². The van der Waals surface area contributed by atoms with Crippen LogP contribution in [0.5, 0.6) is 0 Å². The maximum Gasteiger partial charge on any atom is 0.323 e. The Hall–Kier alpha value is -1.95. The molecule has 0 spiro atoms. The summed E-state index contributed by atoms with van der Waals surface area (Å²) in [5, 5.41) is 11.5. The lowest BCUT2D eigenvalue weighted by atomic mass is 9.58.